The molecule has 2 rings (SSSR count). The number of carbonyl (C=O) groups is 1. The fourth-order valence-corrected chi connectivity index (χ4v) is 2.29. The molecule has 0 saturated carbocycles. The topological polar surface area (TPSA) is 57.8 Å². The van der Waals surface area contributed by atoms with Crippen LogP contribution in [0.5, 0.6) is 0 Å². The largest absolute Gasteiger partial charge is 0.417 e. The Kier molecular flexibility index (Phi) is 4.43. The Hall–Kier alpha value is -2.75. The van der Waals surface area contributed by atoms with Crippen molar-refractivity contribution in [2.24, 2.45) is 0 Å². The van der Waals surface area contributed by atoms with Gasteiger partial charge in [-0.25, -0.2) is 0 Å². The van der Waals surface area contributed by atoms with Gasteiger partial charge in [0.05, 0.1) is 16.7 Å². The number of nitriles is 1. The number of rotatable bonds is 2. The molecule has 1 aromatic heterocycles. The summed E-state index contributed by atoms with van der Waals surface area (Å²) >= 11 is 0. The van der Waals surface area contributed by atoms with Gasteiger partial charge in [0.2, 0.25) is 0 Å². The fourth-order valence-electron chi connectivity index (χ4n) is 2.29. The van der Waals surface area contributed by atoms with Crippen LogP contribution in [0, 0.1) is 11.3 Å². The summed E-state index contributed by atoms with van der Waals surface area (Å²) in [7, 11) is 0. The highest BCUT2D eigenvalue weighted by Crippen LogP contribution is 2.32. The number of nitrogens with zero attached hydrogens (tertiary/aromatic N) is 2. The van der Waals surface area contributed by atoms with Gasteiger partial charge in [0.15, 0.2) is 0 Å². The van der Waals surface area contributed by atoms with Crippen LogP contribution in [0.15, 0.2) is 36.5 Å². The van der Waals surface area contributed by atoms with Crippen LogP contribution in [0.3, 0.4) is 0 Å². The van der Waals surface area contributed by atoms with E-state index in [0.29, 0.717) is 5.56 Å². The number of benzene rings is 1. The van der Waals surface area contributed by atoms with Crippen LogP contribution in [-0.4, -0.2) is 10.5 Å². The summed E-state index contributed by atoms with van der Waals surface area (Å²) in [6.45, 7) is 5.56. The third-order valence-corrected chi connectivity index (χ3v) is 3.39. The zero-order chi connectivity index (χ0) is 18.1. The van der Waals surface area contributed by atoms with Gasteiger partial charge in [-0.3, -0.25) is 4.79 Å². The van der Waals surface area contributed by atoms with Crippen molar-refractivity contribution in [1.29, 1.82) is 5.26 Å². The van der Waals surface area contributed by atoms with Gasteiger partial charge in [0.1, 0.15) is 11.9 Å². The van der Waals surface area contributed by atoms with E-state index in [2.05, 4.69) is 5.32 Å². The van der Waals surface area contributed by atoms with Crippen molar-refractivity contribution >= 4 is 11.7 Å². The maximum absolute atomic E-state index is 13.0. The second kappa shape index (κ2) is 6.04. The highest BCUT2D eigenvalue weighted by Gasteiger charge is 2.35. The van der Waals surface area contributed by atoms with Gasteiger partial charge in [-0.05, 0) is 39.0 Å². The minimum Gasteiger partial charge on any atom is -0.328 e. The molecule has 1 heterocycles. The first-order chi connectivity index (χ1) is 11.0. The lowest BCUT2D eigenvalue weighted by molar-refractivity contribution is -0.137. The molecule has 0 saturated heterocycles. The molecular weight excluding hydrogens is 319 g/mol. The number of aromatic nitrogens is 1. The molecule has 0 bridgehead atoms. The minimum absolute atomic E-state index is 0.265. The number of amides is 1. The van der Waals surface area contributed by atoms with Crippen molar-refractivity contribution in [2.75, 3.05) is 5.32 Å². The van der Waals surface area contributed by atoms with Gasteiger partial charge in [-0.2, -0.15) is 18.4 Å². The highest BCUT2D eigenvalue weighted by atomic mass is 19.4. The van der Waals surface area contributed by atoms with Crippen molar-refractivity contribution in [3.05, 3.63) is 53.2 Å². The van der Waals surface area contributed by atoms with E-state index in [-0.39, 0.29) is 5.82 Å². The maximum atomic E-state index is 13.0. The lowest BCUT2D eigenvalue weighted by Gasteiger charge is -2.24. The predicted molar refractivity (Wildman–Crippen MR) is 83.5 cm³/mol. The van der Waals surface area contributed by atoms with E-state index in [1.54, 1.807) is 10.8 Å². The monoisotopic (exact) mass is 335 g/mol. The van der Waals surface area contributed by atoms with Crippen LogP contribution >= 0.6 is 0 Å². The van der Waals surface area contributed by atoms with E-state index >= 15 is 0 Å². The standard InChI is InChI=1S/C17H16F3N3O/c1-16(2,3)23-10-11(9-21)8-14(23)22-15(24)12-6-4-5-7-13(12)17(18,19)20/h4-8,10H,1-3H3,(H,22,24). The average molecular weight is 335 g/mol. The quantitative estimate of drug-likeness (QED) is 0.885. The van der Waals surface area contributed by atoms with E-state index in [9.17, 15) is 18.0 Å². The first kappa shape index (κ1) is 17.6. The van der Waals surface area contributed by atoms with Gasteiger partial charge in [0, 0.05) is 11.7 Å². The SMILES string of the molecule is CC(C)(C)n1cc(C#N)cc1NC(=O)c1ccccc1C(F)(F)F. The Labute approximate surface area is 137 Å². The zero-order valence-electron chi connectivity index (χ0n) is 13.4. The molecule has 2 aromatic rings. The Morgan fingerprint density at radius 2 is 1.83 bits per heavy atom. The normalized spacial score (nSPS) is 11.9. The number of alkyl halides is 3. The lowest BCUT2D eigenvalue weighted by atomic mass is 10.1. The molecule has 0 spiro atoms. The van der Waals surface area contributed by atoms with Crippen LogP contribution in [0.25, 0.3) is 0 Å². The van der Waals surface area contributed by atoms with Gasteiger partial charge in [-0.1, -0.05) is 12.1 Å². The van der Waals surface area contributed by atoms with Crippen molar-refractivity contribution in [2.45, 2.75) is 32.5 Å². The molecule has 0 atom stereocenters. The number of anilines is 1. The lowest BCUT2D eigenvalue weighted by Crippen LogP contribution is -2.26. The third-order valence-electron chi connectivity index (χ3n) is 3.39. The minimum atomic E-state index is -4.63. The first-order valence-corrected chi connectivity index (χ1v) is 7.14. The van der Waals surface area contributed by atoms with Crippen LogP contribution in [0.2, 0.25) is 0 Å². The smallest absolute Gasteiger partial charge is 0.328 e. The van der Waals surface area contributed by atoms with Crippen molar-refractivity contribution in [1.82, 2.24) is 4.57 Å². The molecule has 1 amide bonds. The number of nitrogens with one attached hydrogen (secondary N) is 1. The number of halogens is 3. The molecule has 1 N–H and O–H groups in total. The molecular formula is C17H16F3N3O. The summed E-state index contributed by atoms with van der Waals surface area (Å²) in [5.74, 6) is -0.614. The van der Waals surface area contributed by atoms with Crippen LogP contribution < -0.4 is 5.32 Å². The second-order valence-corrected chi connectivity index (χ2v) is 6.26. The van der Waals surface area contributed by atoms with Gasteiger partial charge >= 0.3 is 6.18 Å². The molecule has 4 nitrogen and oxygen atoms in total. The fraction of sp³-hybridized carbons (Fsp3) is 0.294. The molecule has 24 heavy (non-hydrogen) atoms. The number of hydrogen-bond acceptors (Lipinski definition) is 2. The maximum Gasteiger partial charge on any atom is 0.417 e. The predicted octanol–water partition coefficient (Wildman–Crippen LogP) is 4.39. The van der Waals surface area contributed by atoms with Crippen LogP contribution in [0.1, 0.15) is 42.3 Å². The molecule has 0 unspecified atom stereocenters. The van der Waals surface area contributed by atoms with Crippen molar-refractivity contribution < 1.29 is 18.0 Å². The van der Waals surface area contributed by atoms with Crippen LogP contribution in [0.4, 0.5) is 19.0 Å². The highest BCUT2D eigenvalue weighted by molar-refractivity contribution is 6.05. The van der Waals surface area contributed by atoms with E-state index in [4.69, 9.17) is 5.26 Å². The molecule has 1 aromatic carbocycles. The van der Waals surface area contributed by atoms with Crippen molar-refractivity contribution in [3.8, 4) is 6.07 Å². The van der Waals surface area contributed by atoms with Gasteiger partial charge < -0.3 is 9.88 Å². The van der Waals surface area contributed by atoms with E-state index in [0.717, 1.165) is 12.1 Å². The Balaban J connectivity index is 2.42. The molecule has 0 aliphatic carbocycles. The summed E-state index contributed by atoms with van der Waals surface area (Å²) < 4.78 is 40.8. The Morgan fingerprint density at radius 3 is 2.38 bits per heavy atom. The van der Waals surface area contributed by atoms with Gasteiger partial charge in [0.25, 0.3) is 5.91 Å². The average Bonchev–Trinajstić information content (AvgIpc) is 2.89. The molecule has 126 valence electrons. The number of hydrogen-bond donors (Lipinski definition) is 1. The summed E-state index contributed by atoms with van der Waals surface area (Å²) in [5.41, 5.74) is -1.62. The Morgan fingerprint density at radius 1 is 1.21 bits per heavy atom. The Bertz CT molecular complexity index is 808. The number of carbonyl (C=O) groups excluding carboxylic acids is 1. The molecule has 0 radical (unpaired) electrons. The summed E-state index contributed by atoms with van der Waals surface area (Å²) in [6.07, 6.45) is -3.08. The summed E-state index contributed by atoms with van der Waals surface area (Å²) in [6, 6.07) is 7.96. The van der Waals surface area contributed by atoms with E-state index in [1.807, 2.05) is 26.8 Å². The molecule has 0 fully saturated rings. The zero-order valence-corrected chi connectivity index (χ0v) is 13.4. The van der Waals surface area contributed by atoms with Crippen molar-refractivity contribution in [3.63, 3.8) is 0 Å². The van der Waals surface area contributed by atoms with Gasteiger partial charge in [-0.15, -0.1) is 0 Å². The molecule has 0 aliphatic rings. The van der Waals surface area contributed by atoms with E-state index in [1.165, 1.54) is 18.2 Å². The molecule has 7 heteroatoms. The summed E-state index contributed by atoms with van der Waals surface area (Å²) in [4.78, 5) is 12.4. The van der Waals surface area contributed by atoms with E-state index < -0.39 is 28.7 Å². The van der Waals surface area contributed by atoms with Crippen LogP contribution in [-0.2, 0) is 11.7 Å². The first-order valence-electron chi connectivity index (χ1n) is 7.14. The molecule has 0 aliphatic heterocycles. The summed E-state index contributed by atoms with van der Waals surface area (Å²) in [5, 5.41) is 11.5. The third kappa shape index (κ3) is 3.59. The second-order valence-electron chi connectivity index (χ2n) is 6.26.